The molecule has 0 radical (unpaired) electrons. The fourth-order valence-corrected chi connectivity index (χ4v) is 2.83. The van der Waals surface area contributed by atoms with Crippen LogP contribution in [0, 0.1) is 0 Å². The second kappa shape index (κ2) is 5.05. The number of fused-ring (bicyclic) bond motifs is 3. The van der Waals surface area contributed by atoms with Crippen LogP contribution in [0.4, 0.5) is 0 Å². The van der Waals surface area contributed by atoms with Crippen molar-refractivity contribution in [3.63, 3.8) is 0 Å². The lowest BCUT2D eigenvalue weighted by Gasteiger charge is -2.11. The third-order valence-electron chi connectivity index (χ3n) is 3.72. The first-order valence-electron chi connectivity index (χ1n) is 6.71. The van der Waals surface area contributed by atoms with E-state index in [1.54, 1.807) is 0 Å². The minimum absolute atomic E-state index is 0.219. The highest BCUT2D eigenvalue weighted by molar-refractivity contribution is 6.10. The normalized spacial score (nSPS) is 12.5. The highest BCUT2D eigenvalue weighted by Crippen LogP contribution is 2.33. The molecule has 2 aromatic heterocycles. The van der Waals surface area contributed by atoms with Gasteiger partial charge in [-0.15, -0.1) is 0 Å². The Morgan fingerprint density at radius 1 is 1.05 bits per heavy atom. The minimum Gasteiger partial charge on any atom is -0.468 e. The fourth-order valence-electron chi connectivity index (χ4n) is 2.83. The molecule has 0 fully saturated rings. The molecule has 1 atom stereocenters. The number of para-hydroxylation sites is 1. The first-order chi connectivity index (χ1) is 10.1. The van der Waals surface area contributed by atoms with Crippen LogP contribution < -0.4 is 0 Å². The number of ether oxygens (including phenoxy) is 1. The molecule has 0 aliphatic carbocycles. The number of hydrogen-bond acceptors (Lipinski definition) is 3. The summed E-state index contributed by atoms with van der Waals surface area (Å²) in [6.07, 6.45) is 1.93. The van der Waals surface area contributed by atoms with Crippen LogP contribution in [0.3, 0.4) is 0 Å². The maximum absolute atomic E-state index is 12.1. The molecule has 0 N–H and O–H groups in total. The third-order valence-corrected chi connectivity index (χ3v) is 3.72. The number of benzene rings is 1. The number of aromatic nitrogens is 1. The summed E-state index contributed by atoms with van der Waals surface area (Å²) in [5, 5.41) is 0.898. The number of rotatable bonds is 3. The quantitative estimate of drug-likeness (QED) is 0.548. The molecule has 0 spiro atoms. The number of nitrogens with zero attached hydrogens (tertiary/aromatic N) is 1. The van der Waals surface area contributed by atoms with E-state index < -0.39 is 11.9 Å². The smallest absolute Gasteiger partial charge is 0.320 e. The minimum atomic E-state index is -0.896. The van der Waals surface area contributed by atoms with Crippen LogP contribution in [0.5, 0.6) is 0 Å². The predicted molar refractivity (Wildman–Crippen MR) is 80.3 cm³/mol. The zero-order valence-corrected chi connectivity index (χ0v) is 11.9. The van der Waals surface area contributed by atoms with E-state index in [1.165, 1.54) is 14.0 Å². The van der Waals surface area contributed by atoms with Crippen LogP contribution >= 0.6 is 0 Å². The molecule has 3 rings (SSSR count). The molecular weight excluding hydrogens is 266 g/mol. The zero-order chi connectivity index (χ0) is 15.0. The molecule has 0 aliphatic heterocycles. The van der Waals surface area contributed by atoms with Gasteiger partial charge in [-0.2, -0.15) is 0 Å². The van der Waals surface area contributed by atoms with Gasteiger partial charge in [0.2, 0.25) is 0 Å². The molecule has 0 amide bonds. The lowest BCUT2D eigenvalue weighted by molar-refractivity contribution is -0.145. The van der Waals surface area contributed by atoms with Gasteiger partial charge in [-0.3, -0.25) is 9.59 Å². The molecule has 2 heterocycles. The van der Waals surface area contributed by atoms with Crippen LogP contribution in [-0.2, 0) is 14.3 Å². The summed E-state index contributed by atoms with van der Waals surface area (Å²) in [6, 6.07) is 13.5. The molecule has 0 saturated heterocycles. The lowest BCUT2D eigenvalue weighted by Crippen LogP contribution is -2.21. The van der Waals surface area contributed by atoms with Crippen molar-refractivity contribution < 1.29 is 14.3 Å². The molecule has 1 unspecified atom stereocenters. The van der Waals surface area contributed by atoms with Crippen molar-refractivity contribution in [3.05, 3.63) is 54.2 Å². The van der Waals surface area contributed by atoms with Crippen LogP contribution in [0.15, 0.2) is 48.7 Å². The van der Waals surface area contributed by atoms with Gasteiger partial charge in [-0.1, -0.05) is 24.3 Å². The molecule has 4 nitrogen and oxygen atoms in total. The van der Waals surface area contributed by atoms with Gasteiger partial charge < -0.3 is 9.14 Å². The fraction of sp³-hybridized carbons (Fsp3) is 0.176. The molecule has 3 aromatic rings. The number of esters is 1. The van der Waals surface area contributed by atoms with Crippen LogP contribution in [-0.4, -0.2) is 23.3 Å². The Hall–Kier alpha value is -2.62. The first-order valence-corrected chi connectivity index (χ1v) is 6.71. The number of Topliss-reactive ketones (excluding diaryl/α,β-unsaturated/α-hetero) is 1. The van der Waals surface area contributed by atoms with Crippen molar-refractivity contribution in [2.24, 2.45) is 0 Å². The Kier molecular flexibility index (Phi) is 3.22. The van der Waals surface area contributed by atoms with Crippen LogP contribution in [0.1, 0.15) is 18.4 Å². The van der Waals surface area contributed by atoms with E-state index in [0.717, 1.165) is 16.4 Å². The Bertz CT molecular complexity index is 794. The van der Waals surface area contributed by atoms with E-state index in [-0.39, 0.29) is 5.78 Å². The summed E-state index contributed by atoms with van der Waals surface area (Å²) in [4.78, 5) is 24.1. The number of carbonyl (C=O) groups is 2. The second-order valence-corrected chi connectivity index (χ2v) is 4.95. The Morgan fingerprint density at radius 2 is 1.71 bits per heavy atom. The summed E-state index contributed by atoms with van der Waals surface area (Å²) in [6.45, 7) is 1.42. The number of methoxy groups -OCH3 is 1. The standard InChI is InChI=1S/C17H15NO3/c1-11(19)15(17(20)21-2)16-12-7-3-4-8-13(12)18-10-6-5-9-14(16)18/h3-10,15H,1-2H3. The van der Waals surface area contributed by atoms with Crippen molar-refractivity contribution in [2.45, 2.75) is 12.8 Å². The maximum atomic E-state index is 12.1. The lowest BCUT2D eigenvalue weighted by atomic mass is 9.93. The van der Waals surface area contributed by atoms with E-state index in [1.807, 2.05) is 53.1 Å². The van der Waals surface area contributed by atoms with Crippen molar-refractivity contribution in [1.29, 1.82) is 0 Å². The number of ketones is 1. The van der Waals surface area contributed by atoms with Gasteiger partial charge in [0.1, 0.15) is 11.7 Å². The van der Waals surface area contributed by atoms with Gasteiger partial charge in [0, 0.05) is 17.1 Å². The van der Waals surface area contributed by atoms with Gasteiger partial charge in [0.25, 0.3) is 0 Å². The van der Waals surface area contributed by atoms with E-state index in [2.05, 4.69) is 0 Å². The largest absolute Gasteiger partial charge is 0.468 e. The molecule has 0 saturated carbocycles. The Labute approximate surface area is 121 Å². The summed E-state index contributed by atoms with van der Waals surface area (Å²) in [5.41, 5.74) is 2.54. The Morgan fingerprint density at radius 3 is 2.43 bits per heavy atom. The van der Waals surface area contributed by atoms with Crippen molar-refractivity contribution in [3.8, 4) is 0 Å². The topological polar surface area (TPSA) is 47.8 Å². The summed E-state index contributed by atoms with van der Waals surface area (Å²) < 4.78 is 6.82. The SMILES string of the molecule is COC(=O)C(C(C)=O)c1c2ccccc2n2ccccc12. The van der Waals surface area contributed by atoms with Gasteiger partial charge >= 0.3 is 5.97 Å². The first kappa shape index (κ1) is 13.4. The highest BCUT2D eigenvalue weighted by Gasteiger charge is 2.31. The van der Waals surface area contributed by atoms with E-state index in [0.29, 0.717) is 5.56 Å². The van der Waals surface area contributed by atoms with Crippen molar-refractivity contribution >= 4 is 28.2 Å². The number of pyridine rings is 1. The molecule has 4 heteroatoms. The molecule has 1 aromatic carbocycles. The third kappa shape index (κ3) is 2.00. The highest BCUT2D eigenvalue weighted by atomic mass is 16.5. The summed E-state index contributed by atoms with van der Waals surface area (Å²) >= 11 is 0. The van der Waals surface area contributed by atoms with Gasteiger partial charge in [0.15, 0.2) is 0 Å². The van der Waals surface area contributed by atoms with Crippen LogP contribution in [0.2, 0.25) is 0 Å². The number of carbonyl (C=O) groups excluding carboxylic acids is 2. The molecule has 21 heavy (non-hydrogen) atoms. The van der Waals surface area contributed by atoms with Gasteiger partial charge in [-0.25, -0.2) is 0 Å². The van der Waals surface area contributed by atoms with Gasteiger partial charge in [-0.05, 0) is 25.1 Å². The Balaban J connectivity index is 2.43. The van der Waals surface area contributed by atoms with Crippen LogP contribution in [0.25, 0.3) is 16.4 Å². The average Bonchev–Trinajstić information content (AvgIpc) is 2.82. The summed E-state index contributed by atoms with van der Waals surface area (Å²) in [5.74, 6) is -1.64. The molecule has 106 valence electrons. The molecular formula is C17H15NO3. The second-order valence-electron chi connectivity index (χ2n) is 4.95. The number of hydrogen-bond donors (Lipinski definition) is 0. The van der Waals surface area contributed by atoms with E-state index in [4.69, 9.17) is 4.74 Å². The van der Waals surface area contributed by atoms with Crippen molar-refractivity contribution in [1.82, 2.24) is 4.40 Å². The monoisotopic (exact) mass is 281 g/mol. The predicted octanol–water partition coefficient (Wildman–Crippen LogP) is 2.94. The maximum Gasteiger partial charge on any atom is 0.320 e. The average molecular weight is 281 g/mol. The van der Waals surface area contributed by atoms with Gasteiger partial charge in [0.05, 0.1) is 18.1 Å². The van der Waals surface area contributed by atoms with E-state index in [9.17, 15) is 9.59 Å². The molecule has 0 aliphatic rings. The summed E-state index contributed by atoms with van der Waals surface area (Å²) in [7, 11) is 1.30. The molecule has 0 bridgehead atoms. The zero-order valence-electron chi connectivity index (χ0n) is 11.9. The van der Waals surface area contributed by atoms with E-state index >= 15 is 0 Å². The van der Waals surface area contributed by atoms with Crippen molar-refractivity contribution in [2.75, 3.05) is 7.11 Å².